The highest BCUT2D eigenvalue weighted by atomic mass is 14.2. The molecule has 0 bridgehead atoms. The lowest BCUT2D eigenvalue weighted by molar-refractivity contribution is 0.385. The van der Waals surface area contributed by atoms with Crippen LogP contribution < -0.4 is 0 Å². The molecule has 1 radical (unpaired) electrons. The van der Waals surface area contributed by atoms with Gasteiger partial charge in [-0.1, -0.05) is 45.3 Å². The van der Waals surface area contributed by atoms with E-state index in [0.29, 0.717) is 0 Å². The molecule has 0 aliphatic heterocycles. The van der Waals surface area contributed by atoms with Crippen molar-refractivity contribution in [3.63, 3.8) is 0 Å². The van der Waals surface area contributed by atoms with E-state index in [2.05, 4.69) is 26.0 Å². The van der Waals surface area contributed by atoms with E-state index >= 15 is 0 Å². The van der Waals surface area contributed by atoms with Gasteiger partial charge in [0.2, 0.25) is 0 Å². The molecule has 0 aromatic rings. The first-order chi connectivity index (χ1) is 5.84. The molecule has 12 heavy (non-hydrogen) atoms. The lowest BCUT2D eigenvalue weighted by Gasteiger charge is -2.20. The van der Waals surface area contributed by atoms with Crippen molar-refractivity contribution in [2.75, 3.05) is 0 Å². The zero-order valence-electron chi connectivity index (χ0n) is 8.26. The van der Waals surface area contributed by atoms with Gasteiger partial charge in [0.05, 0.1) is 0 Å². The van der Waals surface area contributed by atoms with Crippen molar-refractivity contribution >= 4 is 0 Å². The second-order valence-corrected chi connectivity index (χ2v) is 4.00. The molecule has 0 fully saturated rings. The fourth-order valence-corrected chi connectivity index (χ4v) is 1.87. The number of hydrogen-bond donors (Lipinski definition) is 0. The molecule has 2 atom stereocenters. The summed E-state index contributed by atoms with van der Waals surface area (Å²) in [6.07, 6.45) is 12.8. The Kier molecular flexibility index (Phi) is 4.42. The zero-order chi connectivity index (χ0) is 8.81. The molecule has 0 aromatic heterocycles. The van der Waals surface area contributed by atoms with Gasteiger partial charge in [0.15, 0.2) is 0 Å². The lowest BCUT2D eigenvalue weighted by atomic mass is 9.85. The molecule has 0 heterocycles. The monoisotopic (exact) mass is 165 g/mol. The van der Waals surface area contributed by atoms with E-state index in [1.807, 2.05) is 0 Å². The molecule has 0 spiro atoms. The Morgan fingerprint density at radius 1 is 1.42 bits per heavy atom. The van der Waals surface area contributed by atoms with Crippen LogP contribution in [0.1, 0.15) is 45.4 Å². The number of hydrogen-bond acceptors (Lipinski definition) is 0. The van der Waals surface area contributed by atoms with Crippen LogP contribution in [-0.2, 0) is 0 Å². The molecular formula is C12H21. The summed E-state index contributed by atoms with van der Waals surface area (Å²) in [5, 5.41) is 0. The average Bonchev–Trinajstić information content (AvgIpc) is 2.02. The summed E-state index contributed by atoms with van der Waals surface area (Å²) in [5.74, 6) is 1.59. The Labute approximate surface area is 77.1 Å². The van der Waals surface area contributed by atoms with Crippen LogP contribution in [0.25, 0.3) is 0 Å². The largest absolute Gasteiger partial charge is 0.0882 e. The smallest absolute Gasteiger partial charge is 0.0208 e. The maximum absolute atomic E-state index is 3.98. The highest BCUT2D eigenvalue weighted by Gasteiger charge is 2.12. The maximum atomic E-state index is 3.98. The molecule has 1 rings (SSSR count). The molecule has 0 saturated heterocycles. The van der Waals surface area contributed by atoms with Crippen molar-refractivity contribution in [1.82, 2.24) is 0 Å². The van der Waals surface area contributed by atoms with E-state index in [9.17, 15) is 0 Å². The third-order valence-electron chi connectivity index (χ3n) is 2.98. The van der Waals surface area contributed by atoms with Crippen LogP contribution in [0.3, 0.4) is 0 Å². The molecule has 1 aliphatic rings. The molecule has 0 amide bonds. The van der Waals surface area contributed by atoms with Gasteiger partial charge in [-0.05, 0) is 31.1 Å². The topological polar surface area (TPSA) is 0 Å². The Hall–Kier alpha value is -0.260. The van der Waals surface area contributed by atoms with Crippen LogP contribution in [0.2, 0.25) is 0 Å². The van der Waals surface area contributed by atoms with Crippen molar-refractivity contribution in [2.24, 2.45) is 11.8 Å². The van der Waals surface area contributed by atoms with E-state index in [1.54, 1.807) is 0 Å². The van der Waals surface area contributed by atoms with Crippen LogP contribution in [0.4, 0.5) is 0 Å². The van der Waals surface area contributed by atoms with Gasteiger partial charge in [0.1, 0.15) is 0 Å². The van der Waals surface area contributed by atoms with Gasteiger partial charge in [-0.15, -0.1) is 0 Å². The summed E-state index contributed by atoms with van der Waals surface area (Å²) in [5.41, 5.74) is 0. The fourth-order valence-electron chi connectivity index (χ4n) is 1.87. The Morgan fingerprint density at radius 2 is 2.25 bits per heavy atom. The van der Waals surface area contributed by atoms with Crippen molar-refractivity contribution in [1.29, 1.82) is 0 Å². The molecule has 0 N–H and O–H groups in total. The highest BCUT2D eigenvalue weighted by Crippen LogP contribution is 2.25. The van der Waals surface area contributed by atoms with E-state index < -0.39 is 0 Å². The first-order valence-corrected chi connectivity index (χ1v) is 5.30. The van der Waals surface area contributed by atoms with E-state index in [0.717, 1.165) is 18.3 Å². The van der Waals surface area contributed by atoms with Crippen molar-refractivity contribution in [3.05, 3.63) is 19.1 Å². The SMILES string of the molecule is [CH2]CC(C)C1/C=C\CCCCC1. The van der Waals surface area contributed by atoms with E-state index in [4.69, 9.17) is 0 Å². The minimum atomic E-state index is 0.777. The summed E-state index contributed by atoms with van der Waals surface area (Å²) >= 11 is 0. The molecule has 1 aliphatic carbocycles. The van der Waals surface area contributed by atoms with Crippen molar-refractivity contribution < 1.29 is 0 Å². The van der Waals surface area contributed by atoms with Gasteiger partial charge in [0.25, 0.3) is 0 Å². The second kappa shape index (κ2) is 5.40. The van der Waals surface area contributed by atoms with E-state index in [-0.39, 0.29) is 0 Å². The standard InChI is InChI=1S/C12H21/c1-3-11(2)12-9-7-5-4-6-8-10-12/h7,9,11-12H,1,3-6,8,10H2,2H3/b9-7-. The summed E-state index contributed by atoms with van der Waals surface area (Å²) in [7, 11) is 0. The fraction of sp³-hybridized carbons (Fsp3) is 0.750. The van der Waals surface area contributed by atoms with Crippen LogP contribution in [-0.4, -0.2) is 0 Å². The van der Waals surface area contributed by atoms with Gasteiger partial charge in [-0.3, -0.25) is 0 Å². The summed E-state index contributed by atoms with van der Waals surface area (Å²) in [6.45, 7) is 6.30. The highest BCUT2D eigenvalue weighted by molar-refractivity contribution is 4.92. The molecule has 69 valence electrons. The Bertz CT molecular complexity index is 135. The summed E-state index contributed by atoms with van der Waals surface area (Å²) in [6, 6.07) is 0. The first kappa shape index (κ1) is 9.83. The van der Waals surface area contributed by atoms with Crippen molar-refractivity contribution in [2.45, 2.75) is 45.4 Å². The van der Waals surface area contributed by atoms with Gasteiger partial charge < -0.3 is 0 Å². The van der Waals surface area contributed by atoms with Gasteiger partial charge in [-0.2, -0.15) is 0 Å². The summed E-state index contributed by atoms with van der Waals surface area (Å²) < 4.78 is 0. The lowest BCUT2D eigenvalue weighted by Crippen LogP contribution is -2.09. The molecular weight excluding hydrogens is 144 g/mol. The van der Waals surface area contributed by atoms with Crippen LogP contribution in [0, 0.1) is 18.8 Å². The van der Waals surface area contributed by atoms with Gasteiger partial charge in [-0.25, -0.2) is 0 Å². The van der Waals surface area contributed by atoms with Crippen LogP contribution >= 0.6 is 0 Å². The Balaban J connectivity index is 2.43. The number of allylic oxidation sites excluding steroid dienone is 2. The number of rotatable bonds is 2. The van der Waals surface area contributed by atoms with Crippen molar-refractivity contribution in [3.8, 4) is 0 Å². The maximum Gasteiger partial charge on any atom is -0.0208 e. The quantitative estimate of drug-likeness (QED) is 0.543. The molecule has 0 aromatic carbocycles. The normalized spacial score (nSPS) is 30.3. The third-order valence-corrected chi connectivity index (χ3v) is 2.98. The molecule has 0 nitrogen and oxygen atoms in total. The summed E-state index contributed by atoms with van der Waals surface area (Å²) in [4.78, 5) is 0. The predicted octanol–water partition coefficient (Wildman–Crippen LogP) is 3.98. The molecule has 2 unspecified atom stereocenters. The minimum absolute atomic E-state index is 0.777. The van der Waals surface area contributed by atoms with Crippen LogP contribution in [0.5, 0.6) is 0 Å². The van der Waals surface area contributed by atoms with Crippen LogP contribution in [0.15, 0.2) is 12.2 Å². The molecule has 0 heteroatoms. The predicted molar refractivity (Wildman–Crippen MR) is 54.9 cm³/mol. The van der Waals surface area contributed by atoms with Gasteiger partial charge in [0, 0.05) is 0 Å². The second-order valence-electron chi connectivity index (χ2n) is 4.00. The third kappa shape index (κ3) is 3.00. The minimum Gasteiger partial charge on any atom is -0.0882 e. The average molecular weight is 165 g/mol. The first-order valence-electron chi connectivity index (χ1n) is 5.30. The van der Waals surface area contributed by atoms with Gasteiger partial charge >= 0.3 is 0 Å². The van der Waals surface area contributed by atoms with E-state index in [1.165, 1.54) is 32.1 Å². The zero-order valence-corrected chi connectivity index (χ0v) is 8.26. The molecule has 0 saturated carbocycles. The Morgan fingerprint density at radius 3 is 3.00 bits per heavy atom.